The highest BCUT2D eigenvalue weighted by atomic mass is 32.1. The summed E-state index contributed by atoms with van der Waals surface area (Å²) in [5.74, 6) is 0.948. The quantitative estimate of drug-likeness (QED) is 0.304. The summed E-state index contributed by atoms with van der Waals surface area (Å²) in [6.07, 6.45) is 1.56. The first-order chi connectivity index (χ1) is 15.6. The van der Waals surface area contributed by atoms with Gasteiger partial charge >= 0.3 is 0 Å². The highest BCUT2D eigenvalue weighted by Gasteiger charge is 2.09. The van der Waals surface area contributed by atoms with E-state index in [1.807, 2.05) is 55.5 Å². The Bertz CT molecular complexity index is 1250. The van der Waals surface area contributed by atoms with E-state index in [-0.39, 0.29) is 5.91 Å². The van der Waals surface area contributed by atoms with E-state index in [0.29, 0.717) is 35.4 Å². The van der Waals surface area contributed by atoms with E-state index in [1.54, 1.807) is 24.4 Å². The Morgan fingerprint density at radius 3 is 2.75 bits per heavy atom. The molecule has 0 aliphatic rings. The van der Waals surface area contributed by atoms with Crippen molar-refractivity contribution in [2.45, 2.75) is 13.5 Å². The van der Waals surface area contributed by atoms with Gasteiger partial charge in [0.2, 0.25) is 0 Å². The van der Waals surface area contributed by atoms with Crippen molar-refractivity contribution in [3.8, 4) is 11.5 Å². The zero-order chi connectivity index (χ0) is 22.3. The number of ether oxygens (including phenoxy) is 2. The number of nitrogens with two attached hydrogens (primary N) is 1. The number of nitrogens with zero attached hydrogens (tertiary/aromatic N) is 2. The fourth-order valence-electron chi connectivity index (χ4n) is 3.04. The maximum Gasteiger partial charge on any atom is 0.271 e. The molecule has 0 bridgehead atoms. The molecule has 4 rings (SSSR count). The van der Waals surface area contributed by atoms with Crippen LogP contribution in [0.3, 0.4) is 0 Å². The Labute approximate surface area is 189 Å². The number of amides is 1. The fourth-order valence-corrected chi connectivity index (χ4v) is 3.81. The molecule has 1 aromatic heterocycles. The van der Waals surface area contributed by atoms with E-state index in [4.69, 9.17) is 15.2 Å². The van der Waals surface area contributed by atoms with E-state index in [9.17, 15) is 4.79 Å². The van der Waals surface area contributed by atoms with E-state index in [2.05, 4.69) is 15.5 Å². The average molecular weight is 447 g/mol. The minimum Gasteiger partial charge on any atom is -0.490 e. The molecule has 1 amide bonds. The zero-order valence-corrected chi connectivity index (χ0v) is 18.3. The first-order valence-corrected chi connectivity index (χ1v) is 10.9. The number of nitrogen functional groups attached to an aromatic ring is 1. The number of thiazole rings is 1. The van der Waals surface area contributed by atoms with E-state index in [0.717, 1.165) is 21.3 Å². The highest BCUT2D eigenvalue weighted by Crippen LogP contribution is 2.29. The third kappa shape index (κ3) is 5.22. The molecule has 7 nitrogen and oxygen atoms in total. The van der Waals surface area contributed by atoms with Crippen molar-refractivity contribution in [2.75, 3.05) is 12.3 Å². The summed E-state index contributed by atoms with van der Waals surface area (Å²) >= 11 is 1.34. The van der Waals surface area contributed by atoms with Gasteiger partial charge in [0, 0.05) is 5.56 Å². The lowest BCUT2D eigenvalue weighted by Crippen LogP contribution is -2.17. The largest absolute Gasteiger partial charge is 0.490 e. The number of nitrogens with one attached hydrogen (secondary N) is 1. The molecule has 0 aliphatic heterocycles. The van der Waals surface area contributed by atoms with Crippen LogP contribution in [0.5, 0.6) is 11.5 Å². The minimum atomic E-state index is -0.317. The predicted molar refractivity (Wildman–Crippen MR) is 127 cm³/mol. The fraction of sp³-hybridized carbons (Fsp3) is 0.125. The van der Waals surface area contributed by atoms with Gasteiger partial charge in [-0.05, 0) is 54.4 Å². The van der Waals surface area contributed by atoms with Crippen LogP contribution in [0.2, 0.25) is 0 Å². The molecule has 3 N–H and O–H groups in total. The van der Waals surface area contributed by atoms with Crippen LogP contribution in [0.1, 0.15) is 28.4 Å². The van der Waals surface area contributed by atoms with Crippen molar-refractivity contribution in [3.05, 3.63) is 83.4 Å². The molecule has 0 radical (unpaired) electrons. The number of carbonyl (C=O) groups is 1. The number of benzene rings is 3. The van der Waals surface area contributed by atoms with Crippen LogP contribution in [0.15, 0.2) is 71.8 Å². The molecule has 0 spiro atoms. The molecule has 0 fully saturated rings. The van der Waals surface area contributed by atoms with E-state index >= 15 is 0 Å². The summed E-state index contributed by atoms with van der Waals surface area (Å²) in [6, 6.07) is 20.6. The van der Waals surface area contributed by atoms with Gasteiger partial charge < -0.3 is 15.2 Å². The molecule has 0 atom stereocenters. The van der Waals surface area contributed by atoms with E-state index in [1.165, 1.54) is 11.3 Å². The number of hydrogen-bond donors (Lipinski definition) is 2. The lowest BCUT2D eigenvalue weighted by Gasteiger charge is -2.12. The van der Waals surface area contributed by atoms with Crippen molar-refractivity contribution in [1.82, 2.24) is 10.4 Å². The summed E-state index contributed by atoms with van der Waals surface area (Å²) in [7, 11) is 0. The van der Waals surface area contributed by atoms with Crippen LogP contribution < -0.4 is 20.6 Å². The van der Waals surface area contributed by atoms with Gasteiger partial charge in [0.1, 0.15) is 6.61 Å². The molecular weight excluding hydrogens is 424 g/mol. The van der Waals surface area contributed by atoms with Crippen molar-refractivity contribution in [2.24, 2.45) is 5.10 Å². The Kier molecular flexibility index (Phi) is 6.62. The van der Waals surface area contributed by atoms with Crippen molar-refractivity contribution >= 4 is 38.8 Å². The number of fused-ring (bicyclic) bond motifs is 1. The van der Waals surface area contributed by atoms with Gasteiger partial charge in [-0.15, -0.1) is 0 Å². The second kappa shape index (κ2) is 9.93. The Morgan fingerprint density at radius 2 is 1.94 bits per heavy atom. The first kappa shape index (κ1) is 21.3. The molecule has 4 aromatic rings. The molecule has 162 valence electrons. The van der Waals surface area contributed by atoms with Gasteiger partial charge in [-0.1, -0.05) is 41.7 Å². The lowest BCUT2D eigenvalue weighted by atomic mass is 10.2. The normalized spacial score (nSPS) is 11.0. The number of aromatic nitrogens is 1. The van der Waals surface area contributed by atoms with Crippen molar-refractivity contribution in [3.63, 3.8) is 0 Å². The smallest absolute Gasteiger partial charge is 0.271 e. The topological polar surface area (TPSA) is 98.8 Å². The van der Waals surface area contributed by atoms with Gasteiger partial charge in [-0.25, -0.2) is 10.4 Å². The second-order valence-electron chi connectivity index (χ2n) is 6.85. The maximum atomic E-state index is 12.4. The third-order valence-electron chi connectivity index (χ3n) is 4.55. The Balaban J connectivity index is 1.42. The SMILES string of the molecule is CCOc1cc(/C=N\NC(=O)c2ccc3nc(N)sc3c2)ccc1OCc1ccccc1. The van der Waals surface area contributed by atoms with Gasteiger partial charge in [-0.2, -0.15) is 5.10 Å². The Morgan fingerprint density at radius 1 is 1.09 bits per heavy atom. The van der Waals surface area contributed by atoms with Gasteiger partial charge in [0.25, 0.3) is 5.91 Å². The molecular formula is C24H22N4O3S. The predicted octanol–water partition coefficient (Wildman–Crippen LogP) is 4.62. The zero-order valence-electron chi connectivity index (χ0n) is 17.4. The second-order valence-corrected chi connectivity index (χ2v) is 7.91. The molecule has 3 aromatic carbocycles. The van der Waals surface area contributed by atoms with Crippen molar-refractivity contribution < 1.29 is 14.3 Å². The van der Waals surface area contributed by atoms with Crippen LogP contribution >= 0.6 is 11.3 Å². The van der Waals surface area contributed by atoms with Gasteiger partial charge in [0.15, 0.2) is 16.6 Å². The van der Waals surface area contributed by atoms with Gasteiger partial charge in [-0.3, -0.25) is 4.79 Å². The summed E-state index contributed by atoms with van der Waals surface area (Å²) in [5.41, 5.74) is 11.4. The number of carbonyl (C=O) groups excluding carboxylic acids is 1. The molecule has 0 saturated heterocycles. The monoisotopic (exact) mass is 446 g/mol. The van der Waals surface area contributed by atoms with Gasteiger partial charge in [0.05, 0.1) is 23.0 Å². The third-order valence-corrected chi connectivity index (χ3v) is 5.40. The number of hydrogen-bond acceptors (Lipinski definition) is 7. The minimum absolute atomic E-state index is 0.317. The maximum absolute atomic E-state index is 12.4. The summed E-state index contributed by atoms with van der Waals surface area (Å²) in [6.45, 7) is 2.86. The standard InChI is InChI=1S/C24H22N4O3S/c1-2-30-21-12-17(8-11-20(21)31-15-16-6-4-3-5-7-16)14-26-28-23(29)18-9-10-19-22(13-18)32-24(25)27-19/h3-14H,2,15H2,1H3,(H2,25,27)(H,28,29)/b26-14-. The number of hydrazone groups is 1. The molecule has 0 aliphatic carbocycles. The molecule has 0 unspecified atom stereocenters. The van der Waals surface area contributed by atoms with Crippen LogP contribution in [0, 0.1) is 0 Å². The average Bonchev–Trinajstić information content (AvgIpc) is 3.18. The Hall–Kier alpha value is -3.91. The highest BCUT2D eigenvalue weighted by molar-refractivity contribution is 7.22. The number of anilines is 1. The molecule has 8 heteroatoms. The van der Waals surface area contributed by atoms with Crippen molar-refractivity contribution in [1.29, 1.82) is 0 Å². The number of rotatable bonds is 8. The summed E-state index contributed by atoms with van der Waals surface area (Å²) < 4.78 is 12.5. The van der Waals surface area contributed by atoms with E-state index < -0.39 is 0 Å². The summed E-state index contributed by atoms with van der Waals surface area (Å²) in [4.78, 5) is 16.6. The summed E-state index contributed by atoms with van der Waals surface area (Å²) in [5, 5.41) is 4.54. The molecule has 1 heterocycles. The molecule has 32 heavy (non-hydrogen) atoms. The van der Waals surface area contributed by atoms with Crippen LogP contribution in [-0.4, -0.2) is 23.7 Å². The van der Waals surface area contributed by atoms with Crippen LogP contribution in [-0.2, 0) is 6.61 Å². The van der Waals surface area contributed by atoms with Crippen LogP contribution in [0.25, 0.3) is 10.2 Å². The first-order valence-electron chi connectivity index (χ1n) is 10.1. The van der Waals surface area contributed by atoms with Crippen LogP contribution in [0.4, 0.5) is 5.13 Å². The lowest BCUT2D eigenvalue weighted by molar-refractivity contribution is 0.0955. The molecule has 0 saturated carbocycles.